The van der Waals surface area contributed by atoms with Crippen LogP contribution in [0.2, 0.25) is 0 Å². The van der Waals surface area contributed by atoms with Crippen molar-refractivity contribution in [2.45, 2.75) is 52.9 Å². The van der Waals surface area contributed by atoms with Gasteiger partial charge >= 0.3 is 0 Å². The first-order valence-electron chi connectivity index (χ1n) is 5.88. The van der Waals surface area contributed by atoms with Crippen molar-refractivity contribution in [1.82, 2.24) is 5.16 Å². The molecular formula is C13H21NO2. The molecule has 3 heteroatoms. The number of hydrogen-bond donors (Lipinski definition) is 0. The lowest BCUT2D eigenvalue weighted by atomic mass is 9.89. The van der Waals surface area contributed by atoms with Gasteiger partial charge < -0.3 is 4.52 Å². The molecule has 16 heavy (non-hydrogen) atoms. The first-order valence-corrected chi connectivity index (χ1v) is 5.88. The van der Waals surface area contributed by atoms with E-state index in [1.807, 2.05) is 0 Å². The van der Waals surface area contributed by atoms with Gasteiger partial charge in [-0.3, -0.25) is 4.79 Å². The SMILES string of the molecule is CC(C)(C)CCCCC(=O)Cc1ccon1. The van der Waals surface area contributed by atoms with E-state index in [1.165, 1.54) is 12.7 Å². The van der Waals surface area contributed by atoms with Gasteiger partial charge in [0.2, 0.25) is 0 Å². The van der Waals surface area contributed by atoms with E-state index < -0.39 is 0 Å². The minimum atomic E-state index is 0.253. The van der Waals surface area contributed by atoms with Crippen molar-refractivity contribution >= 4 is 5.78 Å². The van der Waals surface area contributed by atoms with E-state index in [2.05, 4.69) is 30.5 Å². The van der Waals surface area contributed by atoms with Crippen LogP contribution in [-0.2, 0) is 11.2 Å². The van der Waals surface area contributed by atoms with Crippen LogP contribution in [0.3, 0.4) is 0 Å². The highest BCUT2D eigenvalue weighted by Gasteiger charge is 2.10. The highest BCUT2D eigenvalue weighted by molar-refractivity contribution is 5.80. The van der Waals surface area contributed by atoms with Crippen LogP contribution in [0, 0.1) is 5.41 Å². The Kier molecular flexibility index (Phi) is 4.71. The van der Waals surface area contributed by atoms with Gasteiger partial charge in [0, 0.05) is 12.5 Å². The summed E-state index contributed by atoms with van der Waals surface area (Å²) in [6.07, 6.45) is 5.84. The first kappa shape index (κ1) is 12.9. The maximum absolute atomic E-state index is 11.6. The standard InChI is InChI=1S/C13H21NO2/c1-13(2,3)8-5-4-6-12(15)10-11-7-9-16-14-11/h7,9H,4-6,8,10H2,1-3H3. The van der Waals surface area contributed by atoms with Gasteiger partial charge in [0.05, 0.1) is 12.1 Å². The van der Waals surface area contributed by atoms with Crippen LogP contribution in [0.1, 0.15) is 52.1 Å². The molecule has 0 fully saturated rings. The molecule has 0 aliphatic rings. The highest BCUT2D eigenvalue weighted by Crippen LogP contribution is 2.22. The third-order valence-corrected chi connectivity index (χ3v) is 2.50. The van der Waals surface area contributed by atoms with Gasteiger partial charge in [-0.15, -0.1) is 0 Å². The summed E-state index contributed by atoms with van der Waals surface area (Å²) in [6.45, 7) is 6.68. The van der Waals surface area contributed by atoms with Crippen molar-refractivity contribution in [1.29, 1.82) is 0 Å². The van der Waals surface area contributed by atoms with Crippen LogP contribution in [0.25, 0.3) is 0 Å². The van der Waals surface area contributed by atoms with E-state index in [9.17, 15) is 4.79 Å². The lowest BCUT2D eigenvalue weighted by Gasteiger charge is -2.17. The average molecular weight is 223 g/mol. The topological polar surface area (TPSA) is 43.1 Å². The van der Waals surface area contributed by atoms with Gasteiger partial charge in [-0.1, -0.05) is 32.3 Å². The van der Waals surface area contributed by atoms with Crippen molar-refractivity contribution < 1.29 is 9.32 Å². The molecule has 1 aromatic rings. The van der Waals surface area contributed by atoms with Crippen LogP contribution in [-0.4, -0.2) is 10.9 Å². The maximum Gasteiger partial charge on any atom is 0.138 e. The summed E-state index contributed by atoms with van der Waals surface area (Å²) in [6, 6.07) is 1.74. The fourth-order valence-electron chi connectivity index (χ4n) is 1.60. The number of carbonyl (C=O) groups excluding carboxylic acids is 1. The quantitative estimate of drug-likeness (QED) is 0.694. The van der Waals surface area contributed by atoms with Crippen LogP contribution in [0.5, 0.6) is 0 Å². The smallest absolute Gasteiger partial charge is 0.138 e. The van der Waals surface area contributed by atoms with E-state index in [4.69, 9.17) is 0 Å². The molecule has 3 nitrogen and oxygen atoms in total. The van der Waals surface area contributed by atoms with Gasteiger partial charge in [0.1, 0.15) is 12.0 Å². The molecule has 0 amide bonds. The minimum absolute atomic E-state index is 0.253. The lowest BCUT2D eigenvalue weighted by Crippen LogP contribution is -2.06. The number of unbranched alkanes of at least 4 members (excludes halogenated alkanes) is 1. The van der Waals surface area contributed by atoms with Gasteiger partial charge in [0.25, 0.3) is 0 Å². The third-order valence-electron chi connectivity index (χ3n) is 2.50. The number of rotatable bonds is 6. The normalized spacial score (nSPS) is 11.7. The summed E-state index contributed by atoms with van der Waals surface area (Å²) in [5.74, 6) is 0.253. The molecule has 1 rings (SSSR count). The first-order chi connectivity index (χ1) is 7.47. The summed E-state index contributed by atoms with van der Waals surface area (Å²) in [5.41, 5.74) is 1.11. The fraction of sp³-hybridized carbons (Fsp3) is 0.692. The number of carbonyl (C=O) groups is 1. The van der Waals surface area contributed by atoms with Crippen molar-refractivity contribution in [2.24, 2.45) is 5.41 Å². The van der Waals surface area contributed by atoms with Crippen LogP contribution >= 0.6 is 0 Å². The summed E-state index contributed by atoms with van der Waals surface area (Å²) < 4.78 is 4.68. The predicted molar refractivity (Wildman–Crippen MR) is 63.1 cm³/mol. The third kappa shape index (κ3) is 5.69. The molecule has 0 saturated carbocycles. The Morgan fingerprint density at radius 2 is 2.12 bits per heavy atom. The van der Waals surface area contributed by atoms with Crippen molar-refractivity contribution in [2.75, 3.05) is 0 Å². The molecule has 1 aromatic heterocycles. The maximum atomic E-state index is 11.6. The van der Waals surface area contributed by atoms with E-state index >= 15 is 0 Å². The lowest BCUT2D eigenvalue weighted by molar-refractivity contribution is -0.118. The Balaban J connectivity index is 2.12. The second kappa shape index (κ2) is 5.83. The predicted octanol–water partition coefficient (Wildman–Crippen LogP) is 3.39. The zero-order valence-electron chi connectivity index (χ0n) is 10.5. The van der Waals surface area contributed by atoms with Gasteiger partial charge in [-0.25, -0.2) is 0 Å². The fourth-order valence-corrected chi connectivity index (χ4v) is 1.60. The highest BCUT2D eigenvalue weighted by atomic mass is 16.5. The molecular weight excluding hydrogens is 202 g/mol. The Morgan fingerprint density at radius 3 is 2.69 bits per heavy atom. The summed E-state index contributed by atoms with van der Waals surface area (Å²) in [4.78, 5) is 11.6. The Hall–Kier alpha value is -1.12. The van der Waals surface area contributed by atoms with Crippen LogP contribution in [0.4, 0.5) is 0 Å². The van der Waals surface area contributed by atoms with E-state index in [-0.39, 0.29) is 5.78 Å². The zero-order valence-corrected chi connectivity index (χ0v) is 10.5. The molecule has 0 N–H and O–H groups in total. The monoisotopic (exact) mass is 223 g/mol. The Morgan fingerprint density at radius 1 is 1.38 bits per heavy atom. The zero-order chi connectivity index (χ0) is 12.0. The minimum Gasteiger partial charge on any atom is -0.364 e. The number of aromatic nitrogens is 1. The summed E-state index contributed by atoms with van der Waals surface area (Å²) in [5, 5.41) is 3.73. The van der Waals surface area contributed by atoms with Crippen LogP contribution < -0.4 is 0 Å². The number of ketones is 1. The second-order valence-corrected chi connectivity index (χ2v) is 5.47. The van der Waals surface area contributed by atoms with E-state index in [0.29, 0.717) is 18.3 Å². The average Bonchev–Trinajstić information content (AvgIpc) is 2.63. The largest absolute Gasteiger partial charge is 0.364 e. The van der Waals surface area contributed by atoms with Crippen molar-refractivity contribution in [3.8, 4) is 0 Å². The number of hydrogen-bond acceptors (Lipinski definition) is 3. The van der Waals surface area contributed by atoms with Crippen LogP contribution in [0.15, 0.2) is 16.9 Å². The molecule has 0 aliphatic carbocycles. The summed E-state index contributed by atoms with van der Waals surface area (Å²) in [7, 11) is 0. The van der Waals surface area contributed by atoms with E-state index in [0.717, 1.165) is 18.5 Å². The van der Waals surface area contributed by atoms with Gasteiger partial charge in [-0.05, 0) is 18.3 Å². The number of Topliss-reactive ketones (excluding diaryl/α,β-unsaturated/α-hetero) is 1. The van der Waals surface area contributed by atoms with Gasteiger partial charge in [0.15, 0.2) is 0 Å². The van der Waals surface area contributed by atoms with Crippen molar-refractivity contribution in [3.63, 3.8) is 0 Å². The van der Waals surface area contributed by atoms with Gasteiger partial charge in [-0.2, -0.15) is 0 Å². The molecule has 0 radical (unpaired) electrons. The van der Waals surface area contributed by atoms with E-state index in [1.54, 1.807) is 6.07 Å². The van der Waals surface area contributed by atoms with Crippen molar-refractivity contribution in [3.05, 3.63) is 18.0 Å². The Bertz CT molecular complexity index is 309. The second-order valence-electron chi connectivity index (χ2n) is 5.47. The molecule has 0 unspecified atom stereocenters. The molecule has 0 aliphatic heterocycles. The molecule has 90 valence electrons. The summed E-state index contributed by atoms with van der Waals surface area (Å²) >= 11 is 0. The molecule has 0 bridgehead atoms. The molecule has 1 heterocycles. The number of nitrogens with zero attached hydrogens (tertiary/aromatic N) is 1. The molecule has 0 atom stereocenters. The molecule has 0 saturated heterocycles. The Labute approximate surface area is 97.2 Å². The molecule has 0 spiro atoms. The molecule has 0 aromatic carbocycles.